The Hall–Kier alpha value is -1.59. The Bertz CT molecular complexity index is 387. The number of hydrogen-bond acceptors (Lipinski definition) is 3. The fourth-order valence-corrected chi connectivity index (χ4v) is 2.19. The van der Waals surface area contributed by atoms with E-state index in [4.69, 9.17) is 5.11 Å². The number of carbonyl (C=O) groups is 3. The first kappa shape index (κ1) is 16.5. The van der Waals surface area contributed by atoms with Gasteiger partial charge in [-0.15, -0.1) is 0 Å². The van der Waals surface area contributed by atoms with Crippen LogP contribution in [0.1, 0.15) is 46.5 Å². The van der Waals surface area contributed by atoms with Gasteiger partial charge in [-0.25, -0.2) is 0 Å². The molecule has 1 saturated carbocycles. The lowest BCUT2D eigenvalue weighted by Crippen LogP contribution is -2.39. The second-order valence-electron chi connectivity index (χ2n) is 6.37. The predicted molar refractivity (Wildman–Crippen MR) is 74.0 cm³/mol. The maximum Gasteiger partial charge on any atom is 0.306 e. The molecule has 0 heterocycles. The van der Waals surface area contributed by atoms with E-state index in [9.17, 15) is 14.4 Å². The molecule has 0 aliphatic heterocycles. The van der Waals surface area contributed by atoms with Crippen molar-refractivity contribution in [1.29, 1.82) is 0 Å². The Morgan fingerprint density at radius 3 is 2.35 bits per heavy atom. The van der Waals surface area contributed by atoms with Crippen molar-refractivity contribution in [3.05, 3.63) is 0 Å². The fraction of sp³-hybridized carbons (Fsp3) is 0.786. The quantitative estimate of drug-likeness (QED) is 0.699. The molecule has 0 aromatic carbocycles. The van der Waals surface area contributed by atoms with Crippen LogP contribution < -0.4 is 10.6 Å². The van der Waals surface area contributed by atoms with Crippen molar-refractivity contribution in [3.63, 3.8) is 0 Å². The van der Waals surface area contributed by atoms with Gasteiger partial charge in [0.25, 0.3) is 0 Å². The largest absolute Gasteiger partial charge is 0.481 e. The minimum atomic E-state index is -0.792. The van der Waals surface area contributed by atoms with E-state index in [1.807, 2.05) is 20.8 Å². The summed E-state index contributed by atoms with van der Waals surface area (Å²) in [4.78, 5) is 34.1. The summed E-state index contributed by atoms with van der Waals surface area (Å²) in [6.07, 6.45) is 2.03. The number of carbonyl (C=O) groups excluding carboxylic acids is 2. The van der Waals surface area contributed by atoms with Gasteiger partial charge in [-0.3, -0.25) is 14.4 Å². The third-order valence-electron chi connectivity index (χ3n) is 3.47. The minimum absolute atomic E-state index is 0.0538. The highest BCUT2D eigenvalue weighted by Gasteiger charge is 2.30. The molecule has 6 heteroatoms. The molecule has 6 nitrogen and oxygen atoms in total. The Balaban J connectivity index is 2.22. The Labute approximate surface area is 119 Å². The molecule has 0 aromatic rings. The highest BCUT2D eigenvalue weighted by molar-refractivity contribution is 5.82. The monoisotopic (exact) mass is 284 g/mol. The van der Waals surface area contributed by atoms with Crippen LogP contribution in [-0.4, -0.2) is 35.5 Å². The van der Waals surface area contributed by atoms with Gasteiger partial charge in [0.1, 0.15) is 0 Å². The molecule has 2 unspecified atom stereocenters. The van der Waals surface area contributed by atoms with Crippen molar-refractivity contribution in [3.8, 4) is 0 Å². The SMILES string of the molecule is CC(C)(C)C(=O)NCCC(=O)NC1CCC(C(=O)O)C1. The molecule has 1 aliphatic carbocycles. The van der Waals surface area contributed by atoms with E-state index >= 15 is 0 Å². The van der Waals surface area contributed by atoms with E-state index in [2.05, 4.69) is 10.6 Å². The zero-order valence-corrected chi connectivity index (χ0v) is 12.4. The molecule has 1 fully saturated rings. The summed E-state index contributed by atoms with van der Waals surface area (Å²) in [6.45, 7) is 5.74. The molecule has 0 aromatic heterocycles. The number of carboxylic acids is 1. The highest BCUT2D eigenvalue weighted by atomic mass is 16.4. The second kappa shape index (κ2) is 6.72. The van der Waals surface area contributed by atoms with Crippen LogP contribution in [0.4, 0.5) is 0 Å². The van der Waals surface area contributed by atoms with Crippen molar-refractivity contribution in [1.82, 2.24) is 10.6 Å². The highest BCUT2D eigenvalue weighted by Crippen LogP contribution is 2.25. The van der Waals surface area contributed by atoms with Gasteiger partial charge in [-0.05, 0) is 19.3 Å². The average Bonchev–Trinajstić information content (AvgIpc) is 2.76. The smallest absolute Gasteiger partial charge is 0.306 e. The number of nitrogens with one attached hydrogen (secondary N) is 2. The third kappa shape index (κ3) is 5.19. The van der Waals surface area contributed by atoms with Gasteiger partial charge >= 0.3 is 5.97 Å². The summed E-state index contributed by atoms with van der Waals surface area (Å²) < 4.78 is 0. The first-order valence-corrected chi connectivity index (χ1v) is 7.00. The molecule has 2 amide bonds. The zero-order chi connectivity index (χ0) is 15.3. The molecule has 0 bridgehead atoms. The zero-order valence-electron chi connectivity index (χ0n) is 12.4. The van der Waals surface area contributed by atoms with Gasteiger partial charge < -0.3 is 15.7 Å². The molecule has 0 radical (unpaired) electrons. The first-order valence-electron chi connectivity index (χ1n) is 7.00. The molecule has 1 aliphatic rings. The van der Waals surface area contributed by atoms with Gasteiger partial charge in [-0.1, -0.05) is 20.8 Å². The van der Waals surface area contributed by atoms with Crippen LogP contribution in [0.3, 0.4) is 0 Å². The number of carboxylic acid groups (broad SMARTS) is 1. The average molecular weight is 284 g/mol. The van der Waals surface area contributed by atoms with Crippen LogP contribution in [-0.2, 0) is 14.4 Å². The Morgan fingerprint density at radius 1 is 1.20 bits per heavy atom. The van der Waals surface area contributed by atoms with Crippen LogP contribution in [0.2, 0.25) is 0 Å². The van der Waals surface area contributed by atoms with Crippen molar-refractivity contribution in [2.75, 3.05) is 6.54 Å². The maximum absolute atomic E-state index is 11.7. The normalized spacial score (nSPS) is 22.4. The minimum Gasteiger partial charge on any atom is -0.481 e. The number of amides is 2. The summed E-state index contributed by atoms with van der Waals surface area (Å²) >= 11 is 0. The van der Waals surface area contributed by atoms with Crippen molar-refractivity contribution in [2.45, 2.75) is 52.5 Å². The van der Waals surface area contributed by atoms with E-state index in [1.54, 1.807) is 0 Å². The summed E-state index contributed by atoms with van der Waals surface area (Å²) in [7, 11) is 0. The lowest BCUT2D eigenvalue weighted by Gasteiger charge is -2.18. The predicted octanol–water partition coefficient (Wildman–Crippen LogP) is 0.908. The Kier molecular flexibility index (Phi) is 5.53. The Morgan fingerprint density at radius 2 is 1.85 bits per heavy atom. The van der Waals surface area contributed by atoms with Gasteiger partial charge in [-0.2, -0.15) is 0 Å². The number of rotatable bonds is 5. The van der Waals surface area contributed by atoms with Crippen molar-refractivity contribution in [2.24, 2.45) is 11.3 Å². The van der Waals surface area contributed by atoms with E-state index in [0.717, 1.165) is 0 Å². The molecule has 1 rings (SSSR count). The van der Waals surface area contributed by atoms with Crippen LogP contribution in [0, 0.1) is 11.3 Å². The summed E-state index contributed by atoms with van der Waals surface area (Å²) in [5.74, 6) is -1.37. The molecule has 3 N–H and O–H groups in total. The van der Waals surface area contributed by atoms with Crippen LogP contribution >= 0.6 is 0 Å². The van der Waals surface area contributed by atoms with E-state index in [0.29, 0.717) is 25.8 Å². The molecule has 2 atom stereocenters. The summed E-state index contributed by atoms with van der Waals surface area (Å²) in [6, 6.07) is -0.0538. The summed E-state index contributed by atoms with van der Waals surface area (Å²) in [5.41, 5.74) is -0.462. The molecule has 0 saturated heterocycles. The van der Waals surface area contributed by atoms with Crippen molar-refractivity contribution < 1.29 is 19.5 Å². The second-order valence-corrected chi connectivity index (χ2v) is 6.37. The lowest BCUT2D eigenvalue weighted by molar-refractivity contribution is -0.141. The molecule has 114 valence electrons. The van der Waals surface area contributed by atoms with Gasteiger partial charge in [0.15, 0.2) is 0 Å². The van der Waals surface area contributed by atoms with Crippen molar-refractivity contribution >= 4 is 17.8 Å². The number of aliphatic carboxylic acids is 1. The summed E-state index contributed by atoms with van der Waals surface area (Å²) in [5, 5.41) is 14.4. The van der Waals surface area contributed by atoms with Crippen LogP contribution in [0.5, 0.6) is 0 Å². The molecular formula is C14H24N2O4. The third-order valence-corrected chi connectivity index (χ3v) is 3.47. The van der Waals surface area contributed by atoms with Crippen LogP contribution in [0.15, 0.2) is 0 Å². The molecule has 0 spiro atoms. The van der Waals surface area contributed by atoms with E-state index in [1.165, 1.54) is 0 Å². The topological polar surface area (TPSA) is 95.5 Å². The standard InChI is InChI=1S/C14H24N2O4/c1-14(2,3)13(20)15-7-6-11(17)16-10-5-4-9(8-10)12(18)19/h9-10H,4-8H2,1-3H3,(H,15,20)(H,16,17)(H,18,19). The molecule has 20 heavy (non-hydrogen) atoms. The van der Waals surface area contributed by atoms with Gasteiger partial charge in [0.2, 0.25) is 11.8 Å². The van der Waals surface area contributed by atoms with E-state index in [-0.39, 0.29) is 30.2 Å². The van der Waals surface area contributed by atoms with E-state index < -0.39 is 11.4 Å². The van der Waals surface area contributed by atoms with Crippen LogP contribution in [0.25, 0.3) is 0 Å². The lowest BCUT2D eigenvalue weighted by atomic mass is 9.96. The van der Waals surface area contributed by atoms with Gasteiger partial charge in [0.05, 0.1) is 5.92 Å². The fourth-order valence-electron chi connectivity index (χ4n) is 2.19. The number of hydrogen-bond donors (Lipinski definition) is 3. The molecular weight excluding hydrogens is 260 g/mol. The maximum atomic E-state index is 11.7. The first-order chi connectivity index (χ1) is 9.20. The van der Waals surface area contributed by atoms with Gasteiger partial charge in [0, 0.05) is 24.4 Å².